The third-order valence-electron chi connectivity index (χ3n) is 12.4. The topological polar surface area (TPSA) is 69.6 Å². The summed E-state index contributed by atoms with van der Waals surface area (Å²) < 4.78 is 0. The smallest absolute Gasteiger partial charge is 0.220 e. The van der Waals surface area contributed by atoms with Gasteiger partial charge in [-0.15, -0.1) is 0 Å². The van der Waals surface area contributed by atoms with Crippen molar-refractivity contribution in [3.8, 4) is 0 Å². The van der Waals surface area contributed by atoms with Gasteiger partial charge in [-0.1, -0.05) is 51.1 Å². The molecule has 4 aliphatic carbocycles. The van der Waals surface area contributed by atoms with E-state index in [1.54, 1.807) is 0 Å². The van der Waals surface area contributed by atoms with E-state index in [0.717, 1.165) is 44.9 Å². The molecule has 4 fully saturated rings. The Labute approximate surface area is 231 Å². The molecule has 0 radical (unpaired) electrons. The Balaban J connectivity index is 1.16. The summed E-state index contributed by atoms with van der Waals surface area (Å²) in [5.41, 5.74) is 1.57. The first-order chi connectivity index (χ1) is 18.1. The predicted molar refractivity (Wildman–Crippen MR) is 153 cm³/mol. The summed E-state index contributed by atoms with van der Waals surface area (Å²) in [4.78, 5) is 12.8. The predicted octanol–water partition coefficient (Wildman–Crippen LogP) is 6.53. The number of aliphatic hydroxyl groups excluding tert-OH is 2. The largest absolute Gasteiger partial charge is 0.393 e. The molecular weight excluding hydrogens is 470 g/mol. The van der Waals surface area contributed by atoms with Gasteiger partial charge in [0, 0.05) is 12.5 Å². The van der Waals surface area contributed by atoms with E-state index in [9.17, 15) is 15.0 Å². The lowest BCUT2D eigenvalue weighted by Crippen LogP contribution is -2.58. The van der Waals surface area contributed by atoms with Gasteiger partial charge in [0.1, 0.15) is 0 Å². The molecule has 5 rings (SSSR count). The van der Waals surface area contributed by atoms with Gasteiger partial charge in [0.2, 0.25) is 5.91 Å². The number of aliphatic hydroxyl groups is 2. The minimum Gasteiger partial charge on any atom is -0.393 e. The standard InChI is InChI=1S/C34H53NO3/c1-22(10-17-32(38)35-23(2)11-12-24-8-6-5-7-9-24)28-15-16-29-27-14-13-25-20-26(36)18-19-33(25,3)30(27)21-31(37)34(28,29)4/h5-9,22-23,25-31,36-37H,10-21H2,1-4H3,(H,35,38). The Morgan fingerprint density at radius 3 is 2.50 bits per heavy atom. The number of amides is 1. The maximum absolute atomic E-state index is 12.8. The van der Waals surface area contributed by atoms with Crippen molar-refractivity contribution >= 4 is 5.91 Å². The molecule has 4 heteroatoms. The normalized spacial score (nSPS) is 41.9. The van der Waals surface area contributed by atoms with Crippen LogP contribution in [0.25, 0.3) is 0 Å². The number of aryl methyl sites for hydroxylation is 1. The molecule has 212 valence electrons. The van der Waals surface area contributed by atoms with E-state index in [4.69, 9.17) is 0 Å². The highest BCUT2D eigenvalue weighted by Gasteiger charge is 2.63. The Morgan fingerprint density at radius 1 is 0.974 bits per heavy atom. The van der Waals surface area contributed by atoms with Crippen LogP contribution in [0.5, 0.6) is 0 Å². The number of fused-ring (bicyclic) bond motifs is 5. The van der Waals surface area contributed by atoms with Crippen LogP contribution in [-0.2, 0) is 11.2 Å². The highest BCUT2D eigenvalue weighted by atomic mass is 16.3. The van der Waals surface area contributed by atoms with Crippen molar-refractivity contribution < 1.29 is 15.0 Å². The highest BCUT2D eigenvalue weighted by molar-refractivity contribution is 5.76. The fraction of sp³-hybridized carbons (Fsp3) is 0.794. The first-order valence-corrected chi connectivity index (χ1v) is 15.8. The molecule has 1 aromatic rings. The second-order valence-electron chi connectivity index (χ2n) is 14.4. The minimum absolute atomic E-state index is 0.0303. The number of benzene rings is 1. The second kappa shape index (κ2) is 11.2. The first kappa shape index (κ1) is 28.1. The number of hydrogen-bond donors (Lipinski definition) is 3. The summed E-state index contributed by atoms with van der Waals surface area (Å²) in [6.45, 7) is 9.34. The molecule has 11 unspecified atom stereocenters. The number of hydrogen-bond acceptors (Lipinski definition) is 3. The molecule has 0 aliphatic heterocycles. The maximum Gasteiger partial charge on any atom is 0.220 e. The van der Waals surface area contributed by atoms with Crippen molar-refractivity contribution in [1.82, 2.24) is 5.32 Å². The molecule has 1 aromatic carbocycles. The van der Waals surface area contributed by atoms with Crippen LogP contribution < -0.4 is 5.32 Å². The third kappa shape index (κ3) is 5.21. The Hall–Kier alpha value is -1.39. The van der Waals surface area contributed by atoms with Crippen LogP contribution in [0.4, 0.5) is 0 Å². The monoisotopic (exact) mass is 523 g/mol. The zero-order valence-electron chi connectivity index (χ0n) is 24.4. The van der Waals surface area contributed by atoms with Gasteiger partial charge < -0.3 is 15.5 Å². The average molecular weight is 524 g/mol. The van der Waals surface area contributed by atoms with Gasteiger partial charge in [-0.2, -0.15) is 0 Å². The van der Waals surface area contributed by atoms with Crippen LogP contribution in [0.15, 0.2) is 30.3 Å². The van der Waals surface area contributed by atoms with Crippen molar-refractivity contribution in [1.29, 1.82) is 0 Å². The first-order valence-electron chi connectivity index (χ1n) is 15.8. The molecule has 0 bridgehead atoms. The number of carbonyl (C=O) groups excluding carboxylic acids is 1. The summed E-state index contributed by atoms with van der Waals surface area (Å²) in [5.74, 6) is 3.63. The number of rotatable bonds is 8. The van der Waals surface area contributed by atoms with Gasteiger partial charge in [0.25, 0.3) is 0 Å². The van der Waals surface area contributed by atoms with Crippen LogP contribution in [0, 0.1) is 46.3 Å². The Bertz CT molecular complexity index is 950. The van der Waals surface area contributed by atoms with Crippen LogP contribution in [0.2, 0.25) is 0 Å². The van der Waals surface area contributed by atoms with Gasteiger partial charge in [-0.25, -0.2) is 0 Å². The summed E-state index contributed by atoms with van der Waals surface area (Å²) in [6.07, 6.45) is 12.0. The molecule has 0 heterocycles. The van der Waals surface area contributed by atoms with Crippen molar-refractivity contribution in [2.75, 3.05) is 0 Å². The van der Waals surface area contributed by atoms with Crippen LogP contribution in [-0.4, -0.2) is 34.4 Å². The van der Waals surface area contributed by atoms with E-state index < -0.39 is 0 Å². The highest BCUT2D eigenvalue weighted by Crippen LogP contribution is 2.68. The number of carbonyl (C=O) groups is 1. The van der Waals surface area contributed by atoms with Crippen molar-refractivity contribution in [2.24, 2.45) is 46.3 Å². The summed E-state index contributed by atoms with van der Waals surface area (Å²) in [7, 11) is 0. The lowest BCUT2D eigenvalue weighted by atomic mass is 9.43. The van der Waals surface area contributed by atoms with E-state index in [2.05, 4.69) is 57.3 Å². The molecule has 0 spiro atoms. The van der Waals surface area contributed by atoms with E-state index in [1.165, 1.54) is 31.2 Å². The summed E-state index contributed by atoms with van der Waals surface area (Å²) in [6, 6.07) is 10.7. The van der Waals surface area contributed by atoms with Crippen molar-refractivity contribution in [3.63, 3.8) is 0 Å². The Morgan fingerprint density at radius 2 is 1.74 bits per heavy atom. The summed E-state index contributed by atoms with van der Waals surface area (Å²) >= 11 is 0. The van der Waals surface area contributed by atoms with Crippen LogP contribution in [0.3, 0.4) is 0 Å². The SMILES string of the molecule is CC(CCc1ccccc1)NC(=O)CCC(C)C1CCC2C3CCC4CC(O)CCC4(C)C3CC(O)C12C. The third-order valence-corrected chi connectivity index (χ3v) is 12.4. The van der Waals surface area contributed by atoms with E-state index >= 15 is 0 Å². The molecule has 3 N–H and O–H groups in total. The van der Waals surface area contributed by atoms with Gasteiger partial charge in [0.05, 0.1) is 12.2 Å². The zero-order chi connectivity index (χ0) is 27.1. The van der Waals surface area contributed by atoms with Crippen LogP contribution >= 0.6 is 0 Å². The summed E-state index contributed by atoms with van der Waals surface area (Å²) in [5, 5.41) is 25.3. The quantitative estimate of drug-likeness (QED) is 0.363. The van der Waals surface area contributed by atoms with E-state index in [0.29, 0.717) is 41.9 Å². The number of nitrogens with one attached hydrogen (secondary N) is 1. The minimum atomic E-state index is -0.252. The van der Waals surface area contributed by atoms with Gasteiger partial charge in [-0.05, 0) is 129 Å². The van der Waals surface area contributed by atoms with E-state index in [-0.39, 0.29) is 35.0 Å². The molecule has 0 aromatic heterocycles. The molecule has 11 atom stereocenters. The molecule has 4 aliphatic rings. The fourth-order valence-electron chi connectivity index (χ4n) is 10.2. The lowest BCUT2D eigenvalue weighted by Gasteiger charge is -2.62. The van der Waals surface area contributed by atoms with Crippen LogP contribution in [0.1, 0.15) is 104 Å². The average Bonchev–Trinajstić information content (AvgIpc) is 3.26. The molecule has 4 saturated carbocycles. The van der Waals surface area contributed by atoms with E-state index in [1.807, 2.05) is 6.07 Å². The lowest BCUT2D eigenvalue weighted by molar-refractivity contribution is -0.174. The molecular formula is C34H53NO3. The second-order valence-corrected chi connectivity index (χ2v) is 14.4. The molecule has 4 nitrogen and oxygen atoms in total. The van der Waals surface area contributed by atoms with Gasteiger partial charge in [-0.3, -0.25) is 4.79 Å². The maximum atomic E-state index is 12.8. The van der Waals surface area contributed by atoms with Crippen molar-refractivity contribution in [2.45, 2.75) is 123 Å². The Kier molecular flexibility index (Phi) is 8.32. The molecule has 1 amide bonds. The fourth-order valence-corrected chi connectivity index (χ4v) is 10.2. The van der Waals surface area contributed by atoms with Gasteiger partial charge >= 0.3 is 0 Å². The zero-order valence-corrected chi connectivity index (χ0v) is 24.4. The molecule has 0 saturated heterocycles. The molecule has 38 heavy (non-hydrogen) atoms. The van der Waals surface area contributed by atoms with Crippen molar-refractivity contribution in [3.05, 3.63) is 35.9 Å². The van der Waals surface area contributed by atoms with Gasteiger partial charge in [0.15, 0.2) is 0 Å².